The van der Waals surface area contributed by atoms with Gasteiger partial charge in [-0.3, -0.25) is 0 Å². The lowest BCUT2D eigenvalue weighted by molar-refractivity contribution is -0.138. The van der Waals surface area contributed by atoms with Crippen LogP contribution in [0.3, 0.4) is 0 Å². The Kier molecular flexibility index (Phi) is 9.94. The Hall–Kier alpha value is -3.44. The molecule has 9 nitrogen and oxygen atoms in total. The van der Waals surface area contributed by atoms with Crippen molar-refractivity contribution in [2.45, 2.75) is 57.6 Å². The van der Waals surface area contributed by atoms with Gasteiger partial charge in [0, 0.05) is 37.8 Å². The summed E-state index contributed by atoms with van der Waals surface area (Å²) in [7, 11) is 1.66. The highest BCUT2D eigenvalue weighted by Gasteiger charge is 2.22. The van der Waals surface area contributed by atoms with Crippen molar-refractivity contribution >= 4 is 28.5 Å². The van der Waals surface area contributed by atoms with Crippen LogP contribution in [0, 0.1) is 11.6 Å². The SMILES string of the molecule is COC(C)CN(CCCCc1ccc2c(n1)NCCC2)CCC(Nc1ncnc2c(F)c(F)ccc12)C(=O)O. The van der Waals surface area contributed by atoms with E-state index < -0.39 is 23.6 Å². The summed E-state index contributed by atoms with van der Waals surface area (Å²) in [5, 5.41) is 16.4. The third kappa shape index (κ3) is 7.57. The number of anilines is 2. The van der Waals surface area contributed by atoms with Gasteiger partial charge in [0.2, 0.25) is 0 Å². The van der Waals surface area contributed by atoms with Gasteiger partial charge >= 0.3 is 5.97 Å². The van der Waals surface area contributed by atoms with Crippen LogP contribution in [-0.2, 0) is 22.4 Å². The van der Waals surface area contributed by atoms with Gasteiger partial charge in [-0.15, -0.1) is 0 Å². The number of aliphatic carboxylic acids is 1. The van der Waals surface area contributed by atoms with E-state index in [9.17, 15) is 18.7 Å². The van der Waals surface area contributed by atoms with Crippen LogP contribution in [0.2, 0.25) is 0 Å². The van der Waals surface area contributed by atoms with Crippen molar-refractivity contribution in [3.8, 4) is 0 Å². The number of benzene rings is 1. The van der Waals surface area contributed by atoms with Gasteiger partial charge in [0.25, 0.3) is 0 Å². The number of pyridine rings is 1. The van der Waals surface area contributed by atoms with Gasteiger partial charge in [-0.05, 0) is 75.8 Å². The normalized spacial score (nSPS) is 14.6. The molecule has 0 saturated carbocycles. The standard InChI is InChI=1S/C28H36F2N6O3/c1-18(39-2)16-36(14-4-3-7-20-9-8-19-6-5-13-31-26(19)34-20)15-12-23(28(37)38)35-27-21-10-11-22(29)24(30)25(21)32-17-33-27/h8-11,17-18,23H,3-7,12-16H2,1-2H3,(H,31,34)(H,37,38)(H,32,33,35). The largest absolute Gasteiger partial charge is 0.480 e. The topological polar surface area (TPSA) is 113 Å². The fraction of sp³-hybridized carbons (Fsp3) is 0.500. The fourth-order valence-electron chi connectivity index (χ4n) is 4.80. The van der Waals surface area contributed by atoms with E-state index in [1.165, 1.54) is 11.6 Å². The molecule has 0 fully saturated rings. The molecule has 1 aromatic carbocycles. The van der Waals surface area contributed by atoms with Gasteiger partial charge in [0.15, 0.2) is 11.6 Å². The van der Waals surface area contributed by atoms with Gasteiger partial charge in [0.1, 0.15) is 29.5 Å². The molecule has 1 aliphatic heterocycles. The Morgan fingerprint density at radius 1 is 1.21 bits per heavy atom. The summed E-state index contributed by atoms with van der Waals surface area (Å²) in [5.41, 5.74) is 2.15. The first-order chi connectivity index (χ1) is 18.9. The summed E-state index contributed by atoms with van der Waals surface area (Å²) in [6.45, 7) is 4.88. The Morgan fingerprint density at radius 3 is 2.85 bits per heavy atom. The summed E-state index contributed by atoms with van der Waals surface area (Å²) in [5.74, 6) is -2.02. The van der Waals surface area contributed by atoms with Crippen LogP contribution >= 0.6 is 0 Å². The average Bonchev–Trinajstić information content (AvgIpc) is 2.94. The number of methoxy groups -OCH3 is 1. The summed E-state index contributed by atoms with van der Waals surface area (Å²) >= 11 is 0. The van der Waals surface area contributed by atoms with Crippen molar-refractivity contribution in [3.05, 3.63) is 53.5 Å². The molecule has 39 heavy (non-hydrogen) atoms. The Labute approximate surface area is 227 Å². The molecule has 3 heterocycles. The number of rotatable bonds is 14. The van der Waals surface area contributed by atoms with Gasteiger partial charge < -0.3 is 25.4 Å². The van der Waals surface area contributed by atoms with E-state index in [1.54, 1.807) is 7.11 Å². The Balaban J connectivity index is 1.35. The van der Waals surface area contributed by atoms with E-state index in [-0.39, 0.29) is 29.2 Å². The Morgan fingerprint density at radius 2 is 2.05 bits per heavy atom. The Bertz CT molecular complexity index is 1280. The molecular weight excluding hydrogens is 506 g/mol. The lowest BCUT2D eigenvalue weighted by atomic mass is 10.1. The van der Waals surface area contributed by atoms with Crippen LogP contribution in [0.1, 0.15) is 43.9 Å². The summed E-state index contributed by atoms with van der Waals surface area (Å²) in [6, 6.07) is 5.61. The number of carboxylic acids is 1. The monoisotopic (exact) mass is 542 g/mol. The third-order valence-electron chi connectivity index (χ3n) is 7.07. The minimum Gasteiger partial charge on any atom is -0.480 e. The number of hydrogen-bond acceptors (Lipinski definition) is 8. The zero-order chi connectivity index (χ0) is 27.8. The summed E-state index contributed by atoms with van der Waals surface area (Å²) in [4.78, 5) is 26.9. The molecule has 3 aromatic rings. The average molecular weight is 543 g/mol. The van der Waals surface area contributed by atoms with E-state index in [0.29, 0.717) is 13.1 Å². The number of ether oxygens (including phenoxy) is 1. The van der Waals surface area contributed by atoms with Gasteiger partial charge in [-0.25, -0.2) is 28.5 Å². The first-order valence-electron chi connectivity index (χ1n) is 13.4. The molecule has 0 spiro atoms. The lowest BCUT2D eigenvalue weighted by Crippen LogP contribution is -2.38. The second-order valence-electron chi connectivity index (χ2n) is 9.95. The second kappa shape index (κ2) is 13.6. The molecule has 0 bridgehead atoms. The number of unbranched alkanes of at least 4 members (excludes halogenated alkanes) is 1. The van der Waals surface area contributed by atoms with Crippen molar-refractivity contribution in [1.29, 1.82) is 0 Å². The molecule has 2 atom stereocenters. The molecule has 0 aliphatic carbocycles. The molecule has 4 rings (SSSR count). The summed E-state index contributed by atoms with van der Waals surface area (Å²) in [6.07, 6.45) is 6.31. The smallest absolute Gasteiger partial charge is 0.326 e. The van der Waals surface area contributed by atoms with Crippen molar-refractivity contribution in [1.82, 2.24) is 19.9 Å². The van der Waals surface area contributed by atoms with E-state index in [0.717, 1.165) is 69.1 Å². The highest BCUT2D eigenvalue weighted by atomic mass is 19.2. The molecule has 2 unspecified atom stereocenters. The number of carboxylic acid groups (broad SMARTS) is 1. The quantitative estimate of drug-likeness (QED) is 0.257. The van der Waals surface area contributed by atoms with E-state index in [4.69, 9.17) is 9.72 Å². The maximum atomic E-state index is 14.2. The molecule has 0 amide bonds. The van der Waals surface area contributed by atoms with Crippen LogP contribution in [0.4, 0.5) is 20.4 Å². The van der Waals surface area contributed by atoms with Crippen LogP contribution in [-0.4, -0.2) is 76.4 Å². The molecular formula is C28H36F2N6O3. The molecule has 0 radical (unpaired) electrons. The molecule has 0 saturated heterocycles. The number of aromatic nitrogens is 3. The maximum absolute atomic E-state index is 14.2. The van der Waals surface area contributed by atoms with Crippen LogP contribution in [0.15, 0.2) is 30.6 Å². The van der Waals surface area contributed by atoms with Gasteiger partial charge in [0.05, 0.1) is 6.10 Å². The van der Waals surface area contributed by atoms with E-state index >= 15 is 0 Å². The minimum absolute atomic E-state index is 0.0155. The highest BCUT2D eigenvalue weighted by molar-refractivity contribution is 5.91. The van der Waals surface area contributed by atoms with Crippen molar-refractivity contribution < 1.29 is 23.4 Å². The van der Waals surface area contributed by atoms with Crippen LogP contribution in [0.25, 0.3) is 10.9 Å². The predicted octanol–water partition coefficient (Wildman–Crippen LogP) is 4.28. The number of aryl methyl sites for hydroxylation is 2. The summed E-state index contributed by atoms with van der Waals surface area (Å²) < 4.78 is 33.3. The van der Waals surface area contributed by atoms with Gasteiger partial charge in [-0.2, -0.15) is 0 Å². The molecule has 3 N–H and O–H groups in total. The first kappa shape index (κ1) is 28.6. The minimum atomic E-state index is -1.09. The third-order valence-corrected chi connectivity index (χ3v) is 7.07. The van der Waals surface area contributed by atoms with Crippen LogP contribution in [0.5, 0.6) is 0 Å². The maximum Gasteiger partial charge on any atom is 0.326 e. The number of halogens is 2. The predicted molar refractivity (Wildman–Crippen MR) is 146 cm³/mol. The van der Waals surface area contributed by atoms with Crippen molar-refractivity contribution in [2.24, 2.45) is 0 Å². The van der Waals surface area contributed by atoms with Crippen LogP contribution < -0.4 is 10.6 Å². The van der Waals surface area contributed by atoms with Gasteiger partial charge in [-0.1, -0.05) is 6.07 Å². The molecule has 210 valence electrons. The highest BCUT2D eigenvalue weighted by Crippen LogP contribution is 2.24. The number of fused-ring (bicyclic) bond motifs is 2. The number of carbonyl (C=O) groups is 1. The van der Waals surface area contributed by atoms with E-state index in [1.807, 2.05) is 6.92 Å². The van der Waals surface area contributed by atoms with Crippen molar-refractivity contribution in [2.75, 3.05) is 43.9 Å². The zero-order valence-corrected chi connectivity index (χ0v) is 22.4. The lowest BCUT2D eigenvalue weighted by Gasteiger charge is -2.27. The molecule has 11 heteroatoms. The number of hydrogen-bond donors (Lipinski definition) is 3. The van der Waals surface area contributed by atoms with E-state index in [2.05, 4.69) is 37.6 Å². The number of nitrogens with zero attached hydrogens (tertiary/aromatic N) is 4. The molecule has 2 aromatic heterocycles. The molecule has 1 aliphatic rings. The zero-order valence-electron chi connectivity index (χ0n) is 22.4. The second-order valence-corrected chi connectivity index (χ2v) is 9.95. The fourth-order valence-corrected chi connectivity index (χ4v) is 4.80. The number of nitrogens with one attached hydrogen (secondary N) is 2. The first-order valence-corrected chi connectivity index (χ1v) is 13.4. The van der Waals surface area contributed by atoms with Crippen molar-refractivity contribution in [3.63, 3.8) is 0 Å².